The number of benzene rings is 1. The first-order valence-electron chi connectivity index (χ1n) is 7.06. The number of carbonyl (C=O) groups excluding carboxylic acids is 2. The van der Waals surface area contributed by atoms with Crippen LogP contribution in [0.2, 0.25) is 0 Å². The van der Waals surface area contributed by atoms with Crippen molar-refractivity contribution in [1.29, 1.82) is 0 Å². The molecule has 0 aliphatic carbocycles. The molecular formula is C16H22N2O2S. The normalized spacial score (nSPS) is 19.0. The zero-order chi connectivity index (χ0) is 15.6. The minimum atomic E-state index is -0.270. The van der Waals surface area contributed by atoms with E-state index in [0.29, 0.717) is 6.54 Å². The molecule has 0 radical (unpaired) electrons. The SMILES string of the molecule is CSc1ccc(N2C[C@H](C(=O)NC(C)(C)C)CC2=O)cc1. The highest BCUT2D eigenvalue weighted by atomic mass is 32.2. The molecule has 1 fully saturated rings. The lowest BCUT2D eigenvalue weighted by molar-refractivity contribution is -0.127. The molecule has 1 aliphatic heterocycles. The molecule has 1 aromatic rings. The third-order valence-corrected chi connectivity index (χ3v) is 4.12. The number of amides is 2. The Balaban J connectivity index is 2.07. The van der Waals surface area contributed by atoms with Crippen molar-refractivity contribution < 1.29 is 9.59 Å². The summed E-state index contributed by atoms with van der Waals surface area (Å²) in [5.41, 5.74) is 0.594. The van der Waals surface area contributed by atoms with Crippen LogP contribution < -0.4 is 10.2 Å². The number of thioether (sulfide) groups is 1. The minimum absolute atomic E-state index is 0.0148. The van der Waals surface area contributed by atoms with Crippen LogP contribution in [-0.2, 0) is 9.59 Å². The van der Waals surface area contributed by atoms with Crippen LogP contribution in [0.4, 0.5) is 5.69 Å². The third kappa shape index (κ3) is 4.00. The van der Waals surface area contributed by atoms with Gasteiger partial charge in [0.25, 0.3) is 0 Å². The van der Waals surface area contributed by atoms with Crippen molar-refractivity contribution in [3.05, 3.63) is 24.3 Å². The van der Waals surface area contributed by atoms with Crippen LogP contribution in [0.25, 0.3) is 0 Å². The van der Waals surface area contributed by atoms with Crippen molar-refractivity contribution in [3.63, 3.8) is 0 Å². The molecule has 1 aromatic carbocycles. The average molecular weight is 306 g/mol. The number of rotatable bonds is 3. The van der Waals surface area contributed by atoms with Gasteiger partial charge in [-0.25, -0.2) is 0 Å². The van der Waals surface area contributed by atoms with Gasteiger partial charge in [0.1, 0.15) is 0 Å². The quantitative estimate of drug-likeness (QED) is 0.874. The zero-order valence-electron chi connectivity index (χ0n) is 13.0. The molecule has 2 amide bonds. The Labute approximate surface area is 130 Å². The number of anilines is 1. The fourth-order valence-corrected chi connectivity index (χ4v) is 2.77. The van der Waals surface area contributed by atoms with Crippen LogP contribution in [0, 0.1) is 5.92 Å². The number of carbonyl (C=O) groups is 2. The van der Waals surface area contributed by atoms with Gasteiger partial charge in [-0.3, -0.25) is 9.59 Å². The van der Waals surface area contributed by atoms with E-state index in [4.69, 9.17) is 0 Å². The lowest BCUT2D eigenvalue weighted by atomic mass is 10.0. The first-order valence-corrected chi connectivity index (χ1v) is 8.29. The van der Waals surface area contributed by atoms with Crippen molar-refractivity contribution >= 4 is 29.3 Å². The Morgan fingerprint density at radius 2 is 1.90 bits per heavy atom. The monoisotopic (exact) mass is 306 g/mol. The fraction of sp³-hybridized carbons (Fsp3) is 0.500. The van der Waals surface area contributed by atoms with Crippen molar-refractivity contribution in [2.24, 2.45) is 5.92 Å². The minimum Gasteiger partial charge on any atom is -0.351 e. The van der Waals surface area contributed by atoms with Gasteiger partial charge in [-0.1, -0.05) is 0 Å². The van der Waals surface area contributed by atoms with E-state index in [2.05, 4.69) is 5.32 Å². The summed E-state index contributed by atoms with van der Waals surface area (Å²) in [4.78, 5) is 27.2. The van der Waals surface area contributed by atoms with Gasteiger partial charge in [-0.15, -0.1) is 11.8 Å². The first-order chi connectivity index (χ1) is 9.80. The van der Waals surface area contributed by atoms with Crippen LogP contribution in [0.3, 0.4) is 0 Å². The summed E-state index contributed by atoms with van der Waals surface area (Å²) >= 11 is 1.67. The van der Waals surface area contributed by atoms with Gasteiger partial charge in [0.05, 0.1) is 5.92 Å². The summed E-state index contributed by atoms with van der Waals surface area (Å²) in [5.74, 6) is -0.294. The Hall–Kier alpha value is -1.49. The lowest BCUT2D eigenvalue weighted by Gasteiger charge is -2.23. The molecule has 0 saturated carbocycles. The largest absolute Gasteiger partial charge is 0.351 e. The maximum absolute atomic E-state index is 12.2. The molecule has 0 unspecified atom stereocenters. The molecule has 1 aliphatic rings. The lowest BCUT2D eigenvalue weighted by Crippen LogP contribution is -2.44. The van der Waals surface area contributed by atoms with Crippen molar-refractivity contribution in [2.45, 2.75) is 37.6 Å². The number of hydrogen-bond acceptors (Lipinski definition) is 3. The number of nitrogens with zero attached hydrogens (tertiary/aromatic N) is 1. The highest BCUT2D eigenvalue weighted by Gasteiger charge is 2.36. The van der Waals surface area contributed by atoms with Crippen LogP contribution >= 0.6 is 11.8 Å². The van der Waals surface area contributed by atoms with Gasteiger partial charge in [-0.05, 0) is 51.3 Å². The Bertz CT molecular complexity index is 534. The van der Waals surface area contributed by atoms with Crippen molar-refractivity contribution in [1.82, 2.24) is 5.32 Å². The van der Waals surface area contributed by atoms with E-state index in [1.807, 2.05) is 51.3 Å². The number of hydrogen-bond donors (Lipinski definition) is 1. The molecule has 0 bridgehead atoms. The van der Waals surface area contributed by atoms with Crippen molar-refractivity contribution in [2.75, 3.05) is 17.7 Å². The Morgan fingerprint density at radius 1 is 1.29 bits per heavy atom. The third-order valence-electron chi connectivity index (χ3n) is 3.38. The molecule has 1 atom stereocenters. The van der Waals surface area contributed by atoms with Gasteiger partial charge in [0.2, 0.25) is 11.8 Å². The van der Waals surface area contributed by atoms with E-state index in [1.54, 1.807) is 16.7 Å². The highest BCUT2D eigenvalue weighted by molar-refractivity contribution is 7.98. The van der Waals surface area contributed by atoms with Crippen LogP contribution in [0.5, 0.6) is 0 Å². The second kappa shape index (κ2) is 6.10. The van der Waals surface area contributed by atoms with Crippen LogP contribution in [0.1, 0.15) is 27.2 Å². The topological polar surface area (TPSA) is 49.4 Å². The van der Waals surface area contributed by atoms with Crippen LogP contribution in [0.15, 0.2) is 29.2 Å². The van der Waals surface area contributed by atoms with Gasteiger partial charge >= 0.3 is 0 Å². The van der Waals surface area contributed by atoms with Gasteiger partial charge in [-0.2, -0.15) is 0 Å². The summed E-state index contributed by atoms with van der Waals surface area (Å²) in [5, 5.41) is 2.95. The summed E-state index contributed by atoms with van der Waals surface area (Å²) in [6, 6.07) is 7.87. The second-order valence-electron chi connectivity index (χ2n) is 6.34. The maximum atomic E-state index is 12.2. The van der Waals surface area contributed by atoms with Gasteiger partial charge in [0, 0.05) is 29.1 Å². The standard InChI is InChI=1S/C16H22N2O2S/c1-16(2,3)17-15(20)11-9-14(19)18(10-11)12-5-7-13(21-4)8-6-12/h5-8,11H,9-10H2,1-4H3,(H,17,20)/t11-/m1/s1. The smallest absolute Gasteiger partial charge is 0.227 e. The molecule has 1 saturated heterocycles. The molecule has 1 N–H and O–H groups in total. The summed E-state index contributed by atoms with van der Waals surface area (Å²) in [6.07, 6.45) is 2.30. The van der Waals surface area contributed by atoms with E-state index in [1.165, 1.54) is 0 Å². The average Bonchev–Trinajstić information content (AvgIpc) is 2.79. The predicted octanol–water partition coefficient (Wildman–Crippen LogP) is 2.68. The van der Waals surface area contributed by atoms with Gasteiger partial charge in [0.15, 0.2) is 0 Å². The summed E-state index contributed by atoms with van der Waals surface area (Å²) in [6.45, 7) is 6.29. The molecule has 0 spiro atoms. The second-order valence-corrected chi connectivity index (χ2v) is 7.22. The molecule has 0 aromatic heterocycles. The van der Waals surface area contributed by atoms with E-state index < -0.39 is 0 Å². The van der Waals surface area contributed by atoms with Gasteiger partial charge < -0.3 is 10.2 Å². The van der Waals surface area contributed by atoms with E-state index in [0.717, 1.165) is 10.6 Å². The van der Waals surface area contributed by atoms with Crippen LogP contribution in [-0.4, -0.2) is 30.2 Å². The maximum Gasteiger partial charge on any atom is 0.227 e. The van der Waals surface area contributed by atoms with E-state index in [9.17, 15) is 9.59 Å². The predicted molar refractivity (Wildman–Crippen MR) is 86.6 cm³/mol. The molecule has 1 heterocycles. The van der Waals surface area contributed by atoms with E-state index in [-0.39, 0.29) is 29.7 Å². The zero-order valence-corrected chi connectivity index (χ0v) is 13.8. The Kier molecular flexibility index (Phi) is 4.61. The number of nitrogens with one attached hydrogen (secondary N) is 1. The fourth-order valence-electron chi connectivity index (χ4n) is 2.37. The summed E-state index contributed by atoms with van der Waals surface area (Å²) < 4.78 is 0. The van der Waals surface area contributed by atoms with E-state index >= 15 is 0 Å². The molecule has 2 rings (SSSR count). The molecule has 114 valence electrons. The molecular weight excluding hydrogens is 284 g/mol. The molecule has 4 nitrogen and oxygen atoms in total. The highest BCUT2D eigenvalue weighted by Crippen LogP contribution is 2.27. The molecule has 21 heavy (non-hydrogen) atoms. The molecule has 5 heteroatoms. The Morgan fingerprint density at radius 3 is 2.43 bits per heavy atom. The summed E-state index contributed by atoms with van der Waals surface area (Å²) in [7, 11) is 0. The first kappa shape index (κ1) is 15.9. The van der Waals surface area contributed by atoms with Crippen molar-refractivity contribution in [3.8, 4) is 0 Å².